The first kappa shape index (κ1) is 19.1. The number of ether oxygens (including phenoxy) is 1. The maximum absolute atomic E-state index is 14.1. The maximum atomic E-state index is 14.1. The Hall–Kier alpha value is -3.28. The molecule has 0 aliphatic carbocycles. The van der Waals surface area contributed by atoms with Crippen molar-refractivity contribution in [2.24, 2.45) is 0 Å². The Morgan fingerprint density at radius 2 is 1.97 bits per heavy atom. The Morgan fingerprint density at radius 1 is 1.17 bits per heavy atom. The van der Waals surface area contributed by atoms with Gasteiger partial charge in [-0.05, 0) is 30.5 Å². The molecule has 0 fully saturated rings. The van der Waals surface area contributed by atoms with E-state index in [-0.39, 0.29) is 17.8 Å². The van der Waals surface area contributed by atoms with E-state index in [0.717, 1.165) is 18.4 Å². The lowest BCUT2D eigenvalue weighted by atomic mass is 10.0. The van der Waals surface area contributed by atoms with Gasteiger partial charge in [0.2, 0.25) is 5.91 Å². The van der Waals surface area contributed by atoms with Gasteiger partial charge in [0, 0.05) is 41.9 Å². The fourth-order valence-electron chi connectivity index (χ4n) is 3.57. The summed E-state index contributed by atoms with van der Waals surface area (Å²) in [6.45, 7) is 0.394. The number of rotatable bonds is 7. The Morgan fingerprint density at radius 3 is 2.76 bits per heavy atom. The lowest BCUT2D eigenvalue weighted by Crippen LogP contribution is -2.34. The third-order valence-electron chi connectivity index (χ3n) is 4.97. The van der Waals surface area contributed by atoms with E-state index in [9.17, 15) is 9.18 Å². The molecule has 0 saturated carbocycles. The van der Waals surface area contributed by atoms with E-state index in [4.69, 9.17) is 4.74 Å². The molecule has 0 spiro atoms. The number of hydrogen-bond donors (Lipinski definition) is 1. The molecule has 0 unspecified atom stereocenters. The zero-order valence-electron chi connectivity index (χ0n) is 16.0. The van der Waals surface area contributed by atoms with Gasteiger partial charge in [0.25, 0.3) is 0 Å². The SMILES string of the molecule is O=C(CCCc1ccccc1)NC[C@H]1Cc2cc(F)cc(-c3cncnc3)c2O1. The van der Waals surface area contributed by atoms with Crippen LogP contribution in [0.5, 0.6) is 5.75 Å². The van der Waals surface area contributed by atoms with Crippen molar-refractivity contribution in [1.82, 2.24) is 15.3 Å². The van der Waals surface area contributed by atoms with Gasteiger partial charge in [-0.1, -0.05) is 30.3 Å². The van der Waals surface area contributed by atoms with E-state index >= 15 is 0 Å². The number of fused-ring (bicyclic) bond motifs is 1. The molecule has 2 heterocycles. The topological polar surface area (TPSA) is 64.1 Å². The molecule has 1 atom stereocenters. The summed E-state index contributed by atoms with van der Waals surface area (Å²) in [4.78, 5) is 20.2. The highest BCUT2D eigenvalue weighted by Crippen LogP contribution is 2.39. The van der Waals surface area contributed by atoms with E-state index in [1.807, 2.05) is 18.2 Å². The van der Waals surface area contributed by atoms with Gasteiger partial charge in [0.05, 0.1) is 6.54 Å². The summed E-state index contributed by atoms with van der Waals surface area (Å²) in [5.41, 5.74) is 3.37. The highest BCUT2D eigenvalue weighted by atomic mass is 19.1. The second-order valence-corrected chi connectivity index (χ2v) is 7.16. The average Bonchev–Trinajstić information content (AvgIpc) is 3.16. The predicted molar refractivity (Wildman–Crippen MR) is 108 cm³/mol. The van der Waals surface area contributed by atoms with E-state index in [2.05, 4.69) is 27.4 Å². The highest BCUT2D eigenvalue weighted by Gasteiger charge is 2.27. The number of aryl methyl sites for hydroxylation is 1. The van der Waals surface area contributed by atoms with Crippen LogP contribution in [-0.4, -0.2) is 28.5 Å². The number of nitrogens with one attached hydrogen (secondary N) is 1. The van der Waals surface area contributed by atoms with Gasteiger partial charge in [-0.15, -0.1) is 0 Å². The van der Waals surface area contributed by atoms with Crippen molar-refractivity contribution in [3.05, 3.63) is 78.1 Å². The summed E-state index contributed by atoms with van der Waals surface area (Å²) in [6.07, 6.45) is 7.18. The first-order valence-corrected chi connectivity index (χ1v) is 9.74. The third kappa shape index (κ3) is 4.77. The van der Waals surface area contributed by atoms with Crippen LogP contribution in [0.25, 0.3) is 11.1 Å². The first-order chi connectivity index (χ1) is 14.2. The number of hydrogen-bond acceptors (Lipinski definition) is 4. The van der Waals surface area contributed by atoms with E-state index in [1.165, 1.54) is 24.0 Å². The van der Waals surface area contributed by atoms with Crippen LogP contribution in [0.1, 0.15) is 24.0 Å². The molecule has 6 heteroatoms. The number of aromatic nitrogens is 2. The van der Waals surface area contributed by atoms with Crippen molar-refractivity contribution in [1.29, 1.82) is 0 Å². The average molecular weight is 391 g/mol. The number of carbonyl (C=O) groups excluding carboxylic acids is 1. The van der Waals surface area contributed by atoms with Crippen molar-refractivity contribution in [3.8, 4) is 16.9 Å². The first-order valence-electron chi connectivity index (χ1n) is 9.74. The van der Waals surface area contributed by atoms with Gasteiger partial charge in [0.15, 0.2) is 0 Å². The Bertz CT molecular complexity index is 980. The Balaban J connectivity index is 1.31. The number of benzene rings is 2. The Labute approximate surface area is 169 Å². The van der Waals surface area contributed by atoms with Crippen molar-refractivity contribution >= 4 is 5.91 Å². The van der Waals surface area contributed by atoms with Gasteiger partial charge >= 0.3 is 0 Å². The zero-order chi connectivity index (χ0) is 20.1. The lowest BCUT2D eigenvalue weighted by molar-refractivity contribution is -0.121. The van der Waals surface area contributed by atoms with Crippen LogP contribution < -0.4 is 10.1 Å². The highest BCUT2D eigenvalue weighted by molar-refractivity contribution is 5.76. The standard InChI is InChI=1S/C23H22FN3O2/c24-19-9-17-10-20(29-23(17)21(11-19)18-12-25-15-26-13-18)14-27-22(28)8-4-7-16-5-2-1-3-6-16/h1-3,5-6,9,11-13,15,20H,4,7-8,10,14H2,(H,27,28)/t20-/m1/s1. The van der Waals surface area contributed by atoms with Gasteiger partial charge in [0.1, 0.15) is 24.0 Å². The molecule has 0 bridgehead atoms. The molecule has 29 heavy (non-hydrogen) atoms. The molecule has 1 N–H and O–H groups in total. The lowest BCUT2D eigenvalue weighted by Gasteiger charge is -2.13. The predicted octanol–water partition coefficient (Wildman–Crippen LogP) is 3.73. The fraction of sp³-hybridized carbons (Fsp3) is 0.261. The second kappa shape index (κ2) is 8.82. The molecule has 148 valence electrons. The molecular weight excluding hydrogens is 369 g/mol. The van der Waals surface area contributed by atoms with Gasteiger partial charge in [-0.2, -0.15) is 0 Å². The second-order valence-electron chi connectivity index (χ2n) is 7.16. The van der Waals surface area contributed by atoms with Crippen molar-refractivity contribution in [3.63, 3.8) is 0 Å². The van der Waals surface area contributed by atoms with Crippen molar-refractivity contribution in [2.75, 3.05) is 6.54 Å². The number of halogens is 1. The molecule has 5 nitrogen and oxygen atoms in total. The molecule has 1 aliphatic heterocycles. The van der Waals surface area contributed by atoms with Crippen LogP contribution in [0.4, 0.5) is 4.39 Å². The molecule has 1 aliphatic rings. The Kier molecular flexibility index (Phi) is 5.79. The van der Waals surface area contributed by atoms with Crippen molar-refractivity contribution < 1.29 is 13.9 Å². The van der Waals surface area contributed by atoms with Crippen LogP contribution in [0.15, 0.2) is 61.2 Å². The quantitative estimate of drug-likeness (QED) is 0.667. The summed E-state index contributed by atoms with van der Waals surface area (Å²) in [5, 5.41) is 2.94. The van der Waals surface area contributed by atoms with Crippen molar-refractivity contribution in [2.45, 2.75) is 31.8 Å². The summed E-state index contributed by atoms with van der Waals surface area (Å²) in [7, 11) is 0. The largest absolute Gasteiger partial charge is 0.487 e. The van der Waals surface area contributed by atoms with Gasteiger partial charge in [-0.3, -0.25) is 4.79 Å². The fourth-order valence-corrected chi connectivity index (χ4v) is 3.57. The van der Waals surface area contributed by atoms with E-state index < -0.39 is 0 Å². The minimum Gasteiger partial charge on any atom is -0.487 e. The minimum absolute atomic E-state index is 0.00310. The number of amides is 1. The molecule has 1 amide bonds. The van der Waals surface area contributed by atoms with Crippen LogP contribution >= 0.6 is 0 Å². The molecular formula is C23H22FN3O2. The number of nitrogens with zero attached hydrogens (tertiary/aromatic N) is 2. The van der Waals surface area contributed by atoms with Gasteiger partial charge < -0.3 is 10.1 Å². The molecule has 0 radical (unpaired) electrons. The zero-order valence-corrected chi connectivity index (χ0v) is 16.0. The number of carbonyl (C=O) groups is 1. The maximum Gasteiger partial charge on any atom is 0.220 e. The summed E-state index contributed by atoms with van der Waals surface area (Å²) >= 11 is 0. The molecule has 2 aromatic carbocycles. The van der Waals surface area contributed by atoms with E-state index in [1.54, 1.807) is 12.4 Å². The molecule has 3 aromatic rings. The molecule has 1 aromatic heterocycles. The smallest absolute Gasteiger partial charge is 0.220 e. The van der Waals surface area contributed by atoms with Crippen LogP contribution in [-0.2, 0) is 17.6 Å². The summed E-state index contributed by atoms with van der Waals surface area (Å²) in [5.74, 6) is 0.324. The summed E-state index contributed by atoms with van der Waals surface area (Å²) in [6, 6.07) is 13.0. The van der Waals surface area contributed by atoms with Crippen LogP contribution in [0, 0.1) is 5.82 Å². The molecule has 0 saturated heterocycles. The van der Waals surface area contributed by atoms with E-state index in [0.29, 0.717) is 36.3 Å². The van der Waals surface area contributed by atoms with Crippen LogP contribution in [0.2, 0.25) is 0 Å². The van der Waals surface area contributed by atoms with Crippen LogP contribution in [0.3, 0.4) is 0 Å². The normalized spacial score (nSPS) is 14.9. The third-order valence-corrected chi connectivity index (χ3v) is 4.97. The minimum atomic E-state index is -0.322. The molecule has 4 rings (SSSR count). The summed E-state index contributed by atoms with van der Waals surface area (Å²) < 4.78 is 20.1. The monoisotopic (exact) mass is 391 g/mol. The van der Waals surface area contributed by atoms with Gasteiger partial charge in [-0.25, -0.2) is 14.4 Å².